The average Bonchev–Trinajstić information content (AvgIpc) is 3.08. The molecule has 0 amide bonds. The minimum absolute atomic E-state index is 0.129. The third-order valence-electron chi connectivity index (χ3n) is 3.24. The molecule has 0 unspecified atom stereocenters. The molecule has 0 aliphatic carbocycles. The Balaban J connectivity index is 1.72. The Morgan fingerprint density at radius 1 is 1.00 bits per heavy atom. The molecule has 0 fully saturated rings. The molecule has 0 aliphatic rings. The molecular weight excluding hydrogens is 332 g/mol. The number of aromatic nitrogens is 2. The van der Waals surface area contributed by atoms with Crippen LogP contribution in [0.4, 0.5) is 0 Å². The lowest BCUT2D eigenvalue weighted by Gasteiger charge is -2.08. The number of hydrogen-bond acceptors (Lipinski definition) is 6. The second-order valence-electron chi connectivity index (χ2n) is 4.86. The van der Waals surface area contributed by atoms with Crippen molar-refractivity contribution in [2.45, 2.75) is 6.61 Å². The van der Waals surface area contributed by atoms with E-state index in [2.05, 4.69) is 10.1 Å². The van der Waals surface area contributed by atoms with E-state index in [1.54, 1.807) is 44.6 Å². The number of methoxy groups -OCH3 is 2. The number of rotatable bonds is 6. The third-order valence-corrected chi connectivity index (χ3v) is 3.47. The predicted octanol–water partition coefficient (Wildman–Crippen LogP) is 3.99. The summed E-state index contributed by atoms with van der Waals surface area (Å²) in [5.41, 5.74) is 0.778. The summed E-state index contributed by atoms with van der Waals surface area (Å²) in [6, 6.07) is 12.5. The van der Waals surface area contributed by atoms with E-state index in [1.807, 2.05) is 12.1 Å². The van der Waals surface area contributed by atoms with E-state index in [9.17, 15) is 0 Å². The zero-order valence-corrected chi connectivity index (χ0v) is 13.9. The second kappa shape index (κ2) is 7.23. The topological polar surface area (TPSA) is 66.6 Å². The molecule has 0 radical (unpaired) electrons. The molecule has 0 N–H and O–H groups in total. The van der Waals surface area contributed by atoms with Crippen LogP contribution < -0.4 is 14.2 Å². The second-order valence-corrected chi connectivity index (χ2v) is 5.30. The largest absolute Gasteiger partial charge is 0.496 e. The van der Waals surface area contributed by atoms with Gasteiger partial charge in [-0.05, 0) is 12.1 Å². The summed E-state index contributed by atoms with van der Waals surface area (Å²) in [6.07, 6.45) is 0. The summed E-state index contributed by atoms with van der Waals surface area (Å²) in [6.45, 7) is 0.129. The van der Waals surface area contributed by atoms with Crippen LogP contribution in [-0.2, 0) is 6.61 Å². The van der Waals surface area contributed by atoms with Crippen LogP contribution in [0.15, 0.2) is 47.0 Å². The van der Waals surface area contributed by atoms with E-state index in [1.165, 1.54) is 0 Å². The number of halogens is 1. The quantitative estimate of drug-likeness (QED) is 0.672. The zero-order chi connectivity index (χ0) is 16.9. The van der Waals surface area contributed by atoms with Crippen LogP contribution in [0.5, 0.6) is 17.2 Å². The Kier molecular flexibility index (Phi) is 4.86. The van der Waals surface area contributed by atoms with Crippen molar-refractivity contribution in [2.24, 2.45) is 0 Å². The van der Waals surface area contributed by atoms with E-state index in [4.69, 9.17) is 30.3 Å². The SMILES string of the molecule is COc1cc(OC)cc(OCc2nc(-c3cccc(Cl)c3)no2)c1. The fourth-order valence-electron chi connectivity index (χ4n) is 2.07. The molecule has 0 saturated carbocycles. The summed E-state index contributed by atoms with van der Waals surface area (Å²) in [5.74, 6) is 2.66. The van der Waals surface area contributed by atoms with Crippen LogP contribution in [0.25, 0.3) is 11.4 Å². The molecule has 1 aromatic heterocycles. The van der Waals surface area contributed by atoms with Gasteiger partial charge in [-0.1, -0.05) is 28.9 Å². The van der Waals surface area contributed by atoms with Gasteiger partial charge in [0.15, 0.2) is 6.61 Å². The minimum Gasteiger partial charge on any atom is -0.496 e. The van der Waals surface area contributed by atoms with Gasteiger partial charge in [-0.25, -0.2) is 0 Å². The molecule has 0 bridgehead atoms. The van der Waals surface area contributed by atoms with E-state index in [-0.39, 0.29) is 6.61 Å². The molecule has 7 heteroatoms. The van der Waals surface area contributed by atoms with Crippen molar-refractivity contribution in [2.75, 3.05) is 14.2 Å². The highest BCUT2D eigenvalue weighted by molar-refractivity contribution is 6.30. The Bertz CT molecular complexity index is 813. The Labute approximate surface area is 143 Å². The van der Waals surface area contributed by atoms with Crippen LogP contribution in [0, 0.1) is 0 Å². The van der Waals surface area contributed by atoms with E-state index in [0.717, 1.165) is 5.56 Å². The zero-order valence-electron chi connectivity index (χ0n) is 13.2. The number of benzene rings is 2. The monoisotopic (exact) mass is 346 g/mol. The molecule has 6 nitrogen and oxygen atoms in total. The van der Waals surface area contributed by atoms with E-state index >= 15 is 0 Å². The van der Waals surface area contributed by atoms with Crippen LogP contribution >= 0.6 is 11.6 Å². The van der Waals surface area contributed by atoms with Gasteiger partial charge in [0.05, 0.1) is 14.2 Å². The number of nitrogens with zero attached hydrogens (tertiary/aromatic N) is 2. The van der Waals surface area contributed by atoms with Gasteiger partial charge in [0.25, 0.3) is 5.89 Å². The van der Waals surface area contributed by atoms with Gasteiger partial charge in [-0.15, -0.1) is 0 Å². The summed E-state index contributed by atoms with van der Waals surface area (Å²) >= 11 is 5.97. The van der Waals surface area contributed by atoms with Gasteiger partial charge in [0.1, 0.15) is 17.2 Å². The maximum absolute atomic E-state index is 5.97. The first kappa shape index (κ1) is 16.1. The Hall–Kier alpha value is -2.73. The molecular formula is C17H15ClN2O4. The standard InChI is InChI=1S/C17H15ClN2O4/c1-21-13-7-14(22-2)9-15(8-13)23-10-16-19-17(20-24-16)11-4-3-5-12(18)6-11/h3-9H,10H2,1-2H3. The highest BCUT2D eigenvalue weighted by atomic mass is 35.5. The Morgan fingerprint density at radius 2 is 1.71 bits per heavy atom. The molecule has 1 heterocycles. The molecule has 24 heavy (non-hydrogen) atoms. The number of ether oxygens (including phenoxy) is 3. The first-order valence-corrected chi connectivity index (χ1v) is 7.50. The van der Waals surface area contributed by atoms with Crippen molar-refractivity contribution in [3.8, 4) is 28.6 Å². The van der Waals surface area contributed by atoms with Gasteiger partial charge >= 0.3 is 0 Å². The molecule has 2 aromatic carbocycles. The van der Waals surface area contributed by atoms with E-state index < -0.39 is 0 Å². The van der Waals surface area contributed by atoms with Crippen molar-refractivity contribution in [3.63, 3.8) is 0 Å². The molecule has 0 spiro atoms. The summed E-state index contributed by atoms with van der Waals surface area (Å²) in [4.78, 5) is 4.30. The van der Waals surface area contributed by atoms with Crippen LogP contribution in [0.1, 0.15) is 5.89 Å². The fraction of sp³-hybridized carbons (Fsp3) is 0.176. The first-order valence-electron chi connectivity index (χ1n) is 7.12. The van der Waals surface area contributed by atoms with Crippen LogP contribution in [0.3, 0.4) is 0 Å². The highest BCUT2D eigenvalue weighted by Gasteiger charge is 2.10. The van der Waals surface area contributed by atoms with Gasteiger partial charge in [0, 0.05) is 28.8 Å². The molecule has 3 rings (SSSR count). The predicted molar refractivity (Wildman–Crippen MR) is 88.6 cm³/mol. The van der Waals surface area contributed by atoms with Gasteiger partial charge in [0.2, 0.25) is 5.82 Å². The molecule has 124 valence electrons. The molecule has 3 aromatic rings. The lowest BCUT2D eigenvalue weighted by molar-refractivity contribution is 0.241. The highest BCUT2D eigenvalue weighted by Crippen LogP contribution is 2.28. The maximum Gasteiger partial charge on any atom is 0.264 e. The van der Waals surface area contributed by atoms with Crippen molar-refractivity contribution in [3.05, 3.63) is 53.4 Å². The smallest absolute Gasteiger partial charge is 0.264 e. The Morgan fingerprint density at radius 3 is 2.38 bits per heavy atom. The van der Waals surface area contributed by atoms with Gasteiger partial charge in [-0.3, -0.25) is 0 Å². The van der Waals surface area contributed by atoms with E-state index in [0.29, 0.717) is 34.0 Å². The maximum atomic E-state index is 5.97. The summed E-state index contributed by atoms with van der Waals surface area (Å²) in [5, 5.41) is 4.54. The third kappa shape index (κ3) is 3.78. The molecule has 0 atom stereocenters. The van der Waals surface area contributed by atoms with Gasteiger partial charge in [-0.2, -0.15) is 4.98 Å². The first-order chi connectivity index (χ1) is 11.7. The molecule has 0 saturated heterocycles. The lowest BCUT2D eigenvalue weighted by Crippen LogP contribution is -1.97. The average molecular weight is 347 g/mol. The van der Waals surface area contributed by atoms with Crippen LogP contribution in [-0.4, -0.2) is 24.4 Å². The van der Waals surface area contributed by atoms with Crippen molar-refractivity contribution in [1.29, 1.82) is 0 Å². The summed E-state index contributed by atoms with van der Waals surface area (Å²) in [7, 11) is 3.15. The van der Waals surface area contributed by atoms with Crippen molar-refractivity contribution in [1.82, 2.24) is 10.1 Å². The summed E-state index contributed by atoms with van der Waals surface area (Å²) < 4.78 is 21.3. The normalized spacial score (nSPS) is 10.5. The van der Waals surface area contributed by atoms with Crippen molar-refractivity contribution < 1.29 is 18.7 Å². The lowest BCUT2D eigenvalue weighted by atomic mass is 10.2. The van der Waals surface area contributed by atoms with Gasteiger partial charge < -0.3 is 18.7 Å². The molecule has 0 aliphatic heterocycles. The van der Waals surface area contributed by atoms with Crippen LogP contribution in [0.2, 0.25) is 5.02 Å². The van der Waals surface area contributed by atoms with Crippen molar-refractivity contribution >= 4 is 11.6 Å². The minimum atomic E-state index is 0.129. The fourth-order valence-corrected chi connectivity index (χ4v) is 2.26. The number of hydrogen-bond donors (Lipinski definition) is 0.